The van der Waals surface area contributed by atoms with Gasteiger partial charge in [0.05, 0.1) is 0 Å². The Hall–Kier alpha value is -0.890. The van der Waals surface area contributed by atoms with E-state index in [-0.39, 0.29) is 0 Å². The Balaban J connectivity index is 2.61. The summed E-state index contributed by atoms with van der Waals surface area (Å²) in [6, 6.07) is 8.91. The summed E-state index contributed by atoms with van der Waals surface area (Å²) in [6.45, 7) is 2.14. The van der Waals surface area contributed by atoms with Gasteiger partial charge in [0, 0.05) is 29.4 Å². The maximum Gasteiger partial charge on any atom is 0.0480 e. The molecule has 2 heteroatoms. The zero-order chi connectivity index (χ0) is 10.1. The normalized spacial score (nSPS) is 11.1. The van der Waals surface area contributed by atoms with Gasteiger partial charge in [-0.1, -0.05) is 11.6 Å². The summed E-state index contributed by atoms with van der Waals surface area (Å²) in [7, 11) is 2.14. The first-order valence-corrected chi connectivity index (χ1v) is 6.15. The van der Waals surface area contributed by atoms with Crippen LogP contribution in [0, 0.1) is 6.92 Å². The third kappa shape index (κ3) is 1.55. The smallest absolute Gasteiger partial charge is 0.0480 e. The van der Waals surface area contributed by atoms with Crippen molar-refractivity contribution in [1.82, 2.24) is 4.57 Å². The molecule has 2 aromatic rings. The third-order valence-corrected chi connectivity index (χ3v) is 3.17. The number of thioether (sulfide) groups is 1. The van der Waals surface area contributed by atoms with Crippen LogP contribution in [0.3, 0.4) is 0 Å². The first-order chi connectivity index (χ1) is 6.72. The summed E-state index contributed by atoms with van der Waals surface area (Å²) >= 11 is 1.87. The quantitative estimate of drug-likeness (QED) is 0.728. The second-order valence-electron chi connectivity index (χ2n) is 3.69. The van der Waals surface area contributed by atoms with Gasteiger partial charge in [-0.25, -0.2) is 0 Å². The average molecular weight is 205 g/mol. The van der Waals surface area contributed by atoms with Crippen LogP contribution < -0.4 is 0 Å². The fraction of sp³-hybridized carbons (Fsp3) is 0.333. The zero-order valence-corrected chi connectivity index (χ0v) is 9.69. The first-order valence-electron chi connectivity index (χ1n) is 4.76. The van der Waals surface area contributed by atoms with Crippen LogP contribution in [0.5, 0.6) is 0 Å². The molecule has 0 spiro atoms. The van der Waals surface area contributed by atoms with Gasteiger partial charge in [0.2, 0.25) is 0 Å². The van der Waals surface area contributed by atoms with E-state index in [2.05, 4.69) is 49.1 Å². The molecule has 0 N–H and O–H groups in total. The maximum atomic E-state index is 2.29. The molecule has 74 valence electrons. The van der Waals surface area contributed by atoms with Crippen LogP contribution in [0.15, 0.2) is 24.3 Å². The molecular weight excluding hydrogens is 190 g/mol. The summed E-state index contributed by atoms with van der Waals surface area (Å²) < 4.78 is 2.28. The van der Waals surface area contributed by atoms with Gasteiger partial charge < -0.3 is 4.57 Å². The van der Waals surface area contributed by atoms with Crippen molar-refractivity contribution >= 4 is 22.7 Å². The van der Waals surface area contributed by atoms with Crippen molar-refractivity contribution in [2.75, 3.05) is 6.26 Å². The molecule has 1 aromatic heterocycles. The van der Waals surface area contributed by atoms with E-state index in [1.165, 1.54) is 22.2 Å². The molecule has 1 nitrogen and oxygen atoms in total. The average Bonchev–Trinajstić information content (AvgIpc) is 2.44. The van der Waals surface area contributed by atoms with Crippen LogP contribution in [0.2, 0.25) is 0 Å². The van der Waals surface area contributed by atoms with Crippen LogP contribution >= 0.6 is 11.8 Å². The van der Waals surface area contributed by atoms with Gasteiger partial charge in [0.25, 0.3) is 0 Å². The Labute approximate surface area is 89.1 Å². The monoisotopic (exact) mass is 205 g/mol. The van der Waals surface area contributed by atoms with E-state index in [1.54, 1.807) is 0 Å². The number of hydrogen-bond donors (Lipinski definition) is 0. The lowest BCUT2D eigenvalue weighted by molar-refractivity contribution is 0.910. The Morgan fingerprint density at radius 1 is 1.29 bits per heavy atom. The molecular formula is C12H15NS. The lowest BCUT2D eigenvalue weighted by atomic mass is 10.2. The van der Waals surface area contributed by atoms with Crippen molar-refractivity contribution in [3.63, 3.8) is 0 Å². The van der Waals surface area contributed by atoms with E-state index in [1.807, 2.05) is 11.8 Å². The molecule has 0 aliphatic rings. The van der Waals surface area contributed by atoms with Gasteiger partial charge in [0.15, 0.2) is 0 Å². The lowest BCUT2D eigenvalue weighted by Gasteiger charge is -2.01. The molecule has 0 atom stereocenters. The van der Waals surface area contributed by atoms with Crippen LogP contribution in [0.25, 0.3) is 10.9 Å². The van der Waals surface area contributed by atoms with Crippen molar-refractivity contribution < 1.29 is 0 Å². The fourth-order valence-corrected chi connectivity index (χ4v) is 2.39. The SMILES string of the molecule is CSCc1cc2cc(C)ccc2n1C. The van der Waals surface area contributed by atoms with E-state index in [9.17, 15) is 0 Å². The van der Waals surface area contributed by atoms with Gasteiger partial charge in [-0.05, 0) is 31.4 Å². The molecule has 0 amide bonds. The van der Waals surface area contributed by atoms with Gasteiger partial charge in [0.1, 0.15) is 0 Å². The Morgan fingerprint density at radius 2 is 2.07 bits per heavy atom. The minimum atomic E-state index is 1.09. The molecule has 1 heterocycles. The summed E-state index contributed by atoms with van der Waals surface area (Å²) in [4.78, 5) is 0. The number of fused-ring (bicyclic) bond motifs is 1. The zero-order valence-electron chi connectivity index (χ0n) is 8.87. The predicted molar refractivity (Wildman–Crippen MR) is 64.9 cm³/mol. The summed E-state index contributed by atoms with van der Waals surface area (Å²) in [6.07, 6.45) is 2.14. The highest BCUT2D eigenvalue weighted by Gasteiger charge is 2.04. The molecule has 0 aliphatic carbocycles. The fourth-order valence-electron chi connectivity index (χ4n) is 1.81. The molecule has 2 rings (SSSR count). The minimum absolute atomic E-state index is 1.09. The number of aryl methyl sites for hydroxylation is 2. The molecule has 0 aliphatic heterocycles. The van der Waals surface area contributed by atoms with Crippen molar-refractivity contribution in [3.05, 3.63) is 35.5 Å². The second-order valence-corrected chi connectivity index (χ2v) is 4.56. The third-order valence-electron chi connectivity index (χ3n) is 2.59. The van der Waals surface area contributed by atoms with Crippen LogP contribution in [0.1, 0.15) is 11.3 Å². The number of rotatable bonds is 2. The van der Waals surface area contributed by atoms with Crippen LogP contribution in [-0.4, -0.2) is 10.8 Å². The number of benzene rings is 1. The van der Waals surface area contributed by atoms with Gasteiger partial charge in [-0.3, -0.25) is 0 Å². The molecule has 0 saturated carbocycles. The van der Waals surface area contributed by atoms with Gasteiger partial charge in [-0.15, -0.1) is 0 Å². The first kappa shape index (κ1) is 9.66. The van der Waals surface area contributed by atoms with Crippen molar-refractivity contribution in [2.45, 2.75) is 12.7 Å². The summed E-state index contributed by atoms with van der Waals surface area (Å²) in [5, 5.41) is 1.36. The van der Waals surface area contributed by atoms with Crippen LogP contribution in [-0.2, 0) is 12.8 Å². The summed E-state index contributed by atoms with van der Waals surface area (Å²) in [5.74, 6) is 1.09. The Bertz CT molecular complexity index is 457. The molecule has 0 bridgehead atoms. The maximum absolute atomic E-state index is 2.29. The van der Waals surface area contributed by atoms with E-state index in [4.69, 9.17) is 0 Å². The molecule has 0 saturated heterocycles. The van der Waals surface area contributed by atoms with Crippen LogP contribution in [0.4, 0.5) is 0 Å². The van der Waals surface area contributed by atoms with E-state index < -0.39 is 0 Å². The van der Waals surface area contributed by atoms with E-state index >= 15 is 0 Å². The molecule has 1 aromatic carbocycles. The molecule has 0 fully saturated rings. The van der Waals surface area contributed by atoms with E-state index in [0.29, 0.717) is 0 Å². The van der Waals surface area contributed by atoms with E-state index in [0.717, 1.165) is 5.75 Å². The van der Waals surface area contributed by atoms with Crippen molar-refractivity contribution in [2.24, 2.45) is 7.05 Å². The Morgan fingerprint density at radius 3 is 2.79 bits per heavy atom. The standard InChI is InChI=1S/C12H15NS/c1-9-4-5-12-10(6-9)7-11(8-14-3)13(12)2/h4-7H,8H2,1-3H3. The van der Waals surface area contributed by atoms with Gasteiger partial charge >= 0.3 is 0 Å². The predicted octanol–water partition coefficient (Wildman–Crippen LogP) is 3.35. The molecule has 14 heavy (non-hydrogen) atoms. The molecule has 0 radical (unpaired) electrons. The number of nitrogens with zero attached hydrogens (tertiary/aromatic N) is 1. The minimum Gasteiger partial charge on any atom is -0.347 e. The summed E-state index contributed by atoms with van der Waals surface area (Å²) in [5.41, 5.74) is 4.07. The number of aromatic nitrogens is 1. The number of hydrogen-bond acceptors (Lipinski definition) is 1. The highest BCUT2D eigenvalue weighted by Crippen LogP contribution is 2.22. The topological polar surface area (TPSA) is 4.93 Å². The molecule has 0 unspecified atom stereocenters. The second kappa shape index (κ2) is 3.70. The lowest BCUT2D eigenvalue weighted by Crippen LogP contribution is -1.93. The Kier molecular flexibility index (Phi) is 2.55. The highest BCUT2D eigenvalue weighted by molar-refractivity contribution is 7.97. The van der Waals surface area contributed by atoms with Crippen molar-refractivity contribution in [3.8, 4) is 0 Å². The van der Waals surface area contributed by atoms with Gasteiger partial charge in [-0.2, -0.15) is 11.8 Å². The largest absolute Gasteiger partial charge is 0.347 e. The highest BCUT2D eigenvalue weighted by atomic mass is 32.2. The van der Waals surface area contributed by atoms with Crippen molar-refractivity contribution in [1.29, 1.82) is 0 Å².